The molecule has 3 aromatic rings. The number of amides is 1. The molecule has 3 heterocycles. The molecule has 0 aliphatic rings. The third kappa shape index (κ3) is 4.20. The van der Waals surface area contributed by atoms with Crippen molar-refractivity contribution in [2.24, 2.45) is 0 Å². The first-order valence-corrected chi connectivity index (χ1v) is 9.38. The Morgan fingerprint density at radius 1 is 1.28 bits per heavy atom. The smallest absolute Gasteiger partial charge is 0.232 e. The second kappa shape index (κ2) is 7.70. The summed E-state index contributed by atoms with van der Waals surface area (Å²) >= 11 is 1.59. The van der Waals surface area contributed by atoms with Crippen molar-refractivity contribution in [1.82, 2.24) is 19.3 Å². The van der Waals surface area contributed by atoms with Crippen molar-refractivity contribution in [1.29, 1.82) is 0 Å². The van der Waals surface area contributed by atoms with Crippen LogP contribution in [0.2, 0.25) is 0 Å². The van der Waals surface area contributed by atoms with Gasteiger partial charge in [-0.1, -0.05) is 12.1 Å². The molecule has 0 aliphatic heterocycles. The molecule has 0 saturated carbocycles. The molecule has 3 aromatic heterocycles. The predicted octanol–water partition coefficient (Wildman–Crippen LogP) is 3.49. The van der Waals surface area contributed by atoms with Crippen molar-refractivity contribution in [3.8, 4) is 0 Å². The SMILES string of the molecule is Cc1ccc2nc(CSCC(=O)N(C)C(C)c3ccccn3)cn2c1. The molecule has 0 spiro atoms. The van der Waals surface area contributed by atoms with E-state index in [1.54, 1.807) is 22.9 Å². The Kier molecular flexibility index (Phi) is 5.38. The van der Waals surface area contributed by atoms with E-state index in [1.807, 2.05) is 48.8 Å². The van der Waals surface area contributed by atoms with Gasteiger partial charge in [0.1, 0.15) is 5.65 Å². The maximum Gasteiger partial charge on any atom is 0.232 e. The number of nitrogens with zero attached hydrogens (tertiary/aromatic N) is 4. The highest BCUT2D eigenvalue weighted by Gasteiger charge is 2.18. The fraction of sp³-hybridized carbons (Fsp3) is 0.316. The van der Waals surface area contributed by atoms with Crippen LogP contribution in [-0.2, 0) is 10.5 Å². The number of hydrogen-bond donors (Lipinski definition) is 0. The zero-order valence-corrected chi connectivity index (χ0v) is 15.5. The minimum Gasteiger partial charge on any atom is -0.337 e. The standard InChI is InChI=1S/C19H22N4OS/c1-14-7-8-18-21-16(11-23(18)10-14)12-25-13-19(24)22(3)15(2)17-6-4-5-9-20-17/h4-11,15H,12-13H2,1-3H3. The monoisotopic (exact) mass is 354 g/mol. The molecule has 0 saturated heterocycles. The molecule has 1 atom stereocenters. The summed E-state index contributed by atoms with van der Waals surface area (Å²) in [5.74, 6) is 1.25. The van der Waals surface area contributed by atoms with Crippen LogP contribution in [0.15, 0.2) is 48.9 Å². The molecule has 0 aliphatic carbocycles. The number of imidazole rings is 1. The van der Waals surface area contributed by atoms with Crippen LogP contribution in [0.25, 0.3) is 5.65 Å². The van der Waals surface area contributed by atoms with Crippen molar-refractivity contribution < 1.29 is 4.79 Å². The van der Waals surface area contributed by atoms with Crippen LogP contribution in [0.4, 0.5) is 0 Å². The number of carbonyl (C=O) groups is 1. The Hall–Kier alpha value is -2.34. The summed E-state index contributed by atoms with van der Waals surface area (Å²) in [5.41, 5.74) is 4.03. The van der Waals surface area contributed by atoms with Gasteiger partial charge in [-0.15, -0.1) is 11.8 Å². The highest BCUT2D eigenvalue weighted by Crippen LogP contribution is 2.19. The summed E-state index contributed by atoms with van der Waals surface area (Å²) in [6.45, 7) is 4.06. The average Bonchev–Trinajstić information content (AvgIpc) is 3.02. The number of carbonyl (C=O) groups excluding carboxylic acids is 1. The first-order valence-electron chi connectivity index (χ1n) is 8.23. The Morgan fingerprint density at radius 2 is 2.12 bits per heavy atom. The lowest BCUT2D eigenvalue weighted by Crippen LogP contribution is -2.31. The Bertz CT molecular complexity index is 862. The van der Waals surface area contributed by atoms with E-state index < -0.39 is 0 Å². The van der Waals surface area contributed by atoms with Gasteiger partial charge < -0.3 is 9.30 Å². The summed E-state index contributed by atoms with van der Waals surface area (Å²) in [4.78, 5) is 23.1. The van der Waals surface area contributed by atoms with E-state index in [-0.39, 0.29) is 11.9 Å². The molecule has 130 valence electrons. The molecule has 0 aromatic carbocycles. The molecule has 1 unspecified atom stereocenters. The quantitative estimate of drug-likeness (QED) is 0.680. The van der Waals surface area contributed by atoms with Crippen LogP contribution < -0.4 is 0 Å². The van der Waals surface area contributed by atoms with E-state index in [0.717, 1.165) is 22.8 Å². The predicted molar refractivity (Wildman–Crippen MR) is 102 cm³/mol. The first-order chi connectivity index (χ1) is 12.0. The molecule has 0 fully saturated rings. The molecular weight excluding hydrogens is 332 g/mol. The van der Waals surface area contributed by atoms with E-state index in [4.69, 9.17) is 0 Å². The Morgan fingerprint density at radius 3 is 2.88 bits per heavy atom. The second-order valence-electron chi connectivity index (χ2n) is 6.13. The highest BCUT2D eigenvalue weighted by atomic mass is 32.2. The number of pyridine rings is 2. The van der Waals surface area contributed by atoms with E-state index in [9.17, 15) is 4.79 Å². The van der Waals surface area contributed by atoms with Gasteiger partial charge in [0.2, 0.25) is 5.91 Å². The Balaban J connectivity index is 1.54. The number of aryl methyl sites for hydroxylation is 1. The van der Waals surface area contributed by atoms with Gasteiger partial charge in [0.05, 0.1) is 23.2 Å². The number of rotatable bonds is 6. The van der Waals surface area contributed by atoms with Gasteiger partial charge in [-0.25, -0.2) is 4.98 Å². The average molecular weight is 354 g/mol. The van der Waals surface area contributed by atoms with E-state index in [1.165, 1.54) is 5.56 Å². The highest BCUT2D eigenvalue weighted by molar-refractivity contribution is 7.99. The van der Waals surface area contributed by atoms with Crippen molar-refractivity contribution in [3.05, 3.63) is 65.9 Å². The molecule has 5 nitrogen and oxygen atoms in total. The molecule has 0 N–H and O–H groups in total. The van der Waals surface area contributed by atoms with Gasteiger partial charge in [0, 0.05) is 31.4 Å². The van der Waals surface area contributed by atoms with Gasteiger partial charge in [-0.05, 0) is 37.6 Å². The summed E-state index contributed by atoms with van der Waals surface area (Å²) in [6.07, 6.45) is 5.84. The normalized spacial score (nSPS) is 12.3. The maximum absolute atomic E-state index is 12.4. The topological polar surface area (TPSA) is 50.5 Å². The van der Waals surface area contributed by atoms with Crippen molar-refractivity contribution in [2.75, 3.05) is 12.8 Å². The van der Waals surface area contributed by atoms with Crippen LogP contribution in [0.5, 0.6) is 0 Å². The zero-order valence-electron chi connectivity index (χ0n) is 14.7. The lowest BCUT2D eigenvalue weighted by atomic mass is 10.2. The minimum absolute atomic E-state index is 0.0348. The molecule has 25 heavy (non-hydrogen) atoms. The van der Waals surface area contributed by atoms with Crippen molar-refractivity contribution in [3.63, 3.8) is 0 Å². The fourth-order valence-electron chi connectivity index (χ4n) is 2.61. The first kappa shape index (κ1) is 17.5. The maximum atomic E-state index is 12.4. The van der Waals surface area contributed by atoms with Gasteiger partial charge in [-0.2, -0.15) is 0 Å². The number of aromatic nitrogens is 3. The molecule has 0 radical (unpaired) electrons. The van der Waals surface area contributed by atoms with Crippen LogP contribution in [-0.4, -0.2) is 38.0 Å². The molecule has 6 heteroatoms. The second-order valence-corrected chi connectivity index (χ2v) is 7.12. The van der Waals surface area contributed by atoms with Gasteiger partial charge in [-0.3, -0.25) is 9.78 Å². The fourth-order valence-corrected chi connectivity index (χ4v) is 3.44. The summed E-state index contributed by atoms with van der Waals surface area (Å²) in [6, 6.07) is 9.79. The Labute approximate surface area is 152 Å². The van der Waals surface area contributed by atoms with Crippen molar-refractivity contribution in [2.45, 2.75) is 25.6 Å². The summed E-state index contributed by atoms with van der Waals surface area (Å²) in [5, 5.41) is 0. The molecular formula is C19H22N4OS. The number of fused-ring (bicyclic) bond motifs is 1. The van der Waals surface area contributed by atoms with Gasteiger partial charge in [0.25, 0.3) is 0 Å². The lowest BCUT2D eigenvalue weighted by Gasteiger charge is -2.24. The minimum atomic E-state index is -0.0348. The molecule has 0 bridgehead atoms. The van der Waals surface area contributed by atoms with E-state index >= 15 is 0 Å². The van der Waals surface area contributed by atoms with Crippen LogP contribution in [0.1, 0.15) is 29.9 Å². The van der Waals surface area contributed by atoms with E-state index in [2.05, 4.69) is 29.2 Å². The number of hydrogen-bond acceptors (Lipinski definition) is 4. The van der Waals surface area contributed by atoms with Crippen LogP contribution >= 0.6 is 11.8 Å². The van der Waals surface area contributed by atoms with Crippen LogP contribution in [0, 0.1) is 6.92 Å². The lowest BCUT2D eigenvalue weighted by molar-refractivity contribution is -0.129. The molecule has 3 rings (SSSR count). The molecule has 1 amide bonds. The van der Waals surface area contributed by atoms with Crippen LogP contribution in [0.3, 0.4) is 0 Å². The van der Waals surface area contributed by atoms with Crippen molar-refractivity contribution >= 4 is 23.3 Å². The number of thioether (sulfide) groups is 1. The third-order valence-corrected chi connectivity index (χ3v) is 5.17. The van der Waals surface area contributed by atoms with Gasteiger partial charge in [0.15, 0.2) is 0 Å². The third-order valence-electron chi connectivity index (χ3n) is 4.21. The van der Waals surface area contributed by atoms with Gasteiger partial charge >= 0.3 is 0 Å². The summed E-state index contributed by atoms with van der Waals surface area (Å²) in [7, 11) is 1.83. The largest absolute Gasteiger partial charge is 0.337 e. The van der Waals surface area contributed by atoms with E-state index in [0.29, 0.717) is 5.75 Å². The zero-order chi connectivity index (χ0) is 17.8. The summed E-state index contributed by atoms with van der Waals surface area (Å²) < 4.78 is 2.03.